The zero-order chi connectivity index (χ0) is 25.7. The number of nitrogens with one attached hydrogen (secondary N) is 1. The molecule has 0 fully saturated rings. The van der Waals surface area contributed by atoms with Gasteiger partial charge in [-0.05, 0) is 50.2 Å². The fourth-order valence-electron chi connectivity index (χ4n) is 4.42. The molecule has 0 aliphatic carbocycles. The number of amides is 1. The van der Waals surface area contributed by atoms with Crippen molar-refractivity contribution in [2.24, 2.45) is 4.99 Å². The maximum absolute atomic E-state index is 14.0. The van der Waals surface area contributed by atoms with E-state index in [-0.39, 0.29) is 22.3 Å². The predicted molar refractivity (Wildman–Crippen MR) is 137 cm³/mol. The van der Waals surface area contributed by atoms with Gasteiger partial charge in [-0.15, -0.1) is 0 Å². The lowest BCUT2D eigenvalue weighted by atomic mass is 9.95. The second-order valence-corrected chi connectivity index (χ2v) is 9.88. The minimum absolute atomic E-state index is 0.140. The van der Waals surface area contributed by atoms with Crippen LogP contribution in [-0.2, 0) is 14.3 Å². The number of aromatic nitrogens is 1. The quantitative estimate of drug-likeness (QED) is 0.508. The number of esters is 1. The largest absolute Gasteiger partial charge is 0.496 e. The van der Waals surface area contributed by atoms with Gasteiger partial charge in [0.25, 0.3) is 11.5 Å². The van der Waals surface area contributed by atoms with E-state index in [1.54, 1.807) is 50.2 Å². The van der Waals surface area contributed by atoms with Crippen molar-refractivity contribution in [3.8, 4) is 5.75 Å². The van der Waals surface area contributed by atoms with Gasteiger partial charge in [0.05, 0.1) is 30.6 Å². The summed E-state index contributed by atoms with van der Waals surface area (Å²) in [6.07, 6.45) is 0. The van der Waals surface area contributed by atoms with Gasteiger partial charge in [-0.3, -0.25) is 14.2 Å². The van der Waals surface area contributed by atoms with Gasteiger partial charge in [0, 0.05) is 26.9 Å². The first-order valence-corrected chi connectivity index (χ1v) is 12.5. The molecule has 8 nitrogen and oxygen atoms in total. The van der Waals surface area contributed by atoms with Crippen LogP contribution in [0.25, 0.3) is 5.57 Å². The van der Waals surface area contributed by atoms with E-state index in [0.717, 1.165) is 11.3 Å². The van der Waals surface area contributed by atoms with Crippen LogP contribution >= 0.6 is 34.5 Å². The van der Waals surface area contributed by atoms with Crippen LogP contribution in [0.1, 0.15) is 31.0 Å². The number of hydrogen-bond donors (Lipinski definition) is 1. The molecule has 2 aliphatic heterocycles. The first-order chi connectivity index (χ1) is 17.2. The maximum Gasteiger partial charge on any atom is 0.338 e. The number of fused-ring (bicyclic) bond motifs is 2. The molecule has 36 heavy (non-hydrogen) atoms. The summed E-state index contributed by atoms with van der Waals surface area (Å²) in [6.45, 7) is 3.51. The van der Waals surface area contributed by atoms with Gasteiger partial charge >= 0.3 is 5.97 Å². The van der Waals surface area contributed by atoms with Crippen molar-refractivity contribution < 1.29 is 19.1 Å². The molecule has 2 aliphatic rings. The van der Waals surface area contributed by atoms with Crippen molar-refractivity contribution in [1.82, 2.24) is 4.57 Å². The lowest BCUT2D eigenvalue weighted by molar-refractivity contribution is -0.139. The number of halogens is 2. The van der Waals surface area contributed by atoms with Crippen molar-refractivity contribution in [3.63, 3.8) is 0 Å². The molecule has 0 unspecified atom stereocenters. The van der Waals surface area contributed by atoms with Crippen LogP contribution in [0.4, 0.5) is 5.69 Å². The minimum atomic E-state index is -0.938. The van der Waals surface area contributed by atoms with E-state index in [9.17, 15) is 14.4 Å². The Morgan fingerprint density at radius 1 is 1.17 bits per heavy atom. The Kier molecular flexibility index (Phi) is 6.23. The van der Waals surface area contributed by atoms with E-state index >= 15 is 0 Å². The Morgan fingerprint density at radius 3 is 2.61 bits per heavy atom. The highest BCUT2D eigenvalue weighted by molar-refractivity contribution is 7.07. The van der Waals surface area contributed by atoms with Crippen LogP contribution in [0.3, 0.4) is 0 Å². The second kappa shape index (κ2) is 9.24. The zero-order valence-corrected chi connectivity index (χ0v) is 21.7. The van der Waals surface area contributed by atoms with Crippen LogP contribution < -0.4 is 24.9 Å². The number of thiazole rings is 1. The summed E-state index contributed by atoms with van der Waals surface area (Å²) in [6, 6.07) is 8.99. The van der Waals surface area contributed by atoms with E-state index in [2.05, 4.69) is 10.3 Å². The number of benzene rings is 2. The SMILES string of the molecule is CCOC(=O)C1=C(C)N=c2s/c(=C3/C(=O)Nc4ccc(Cl)cc43)c(=O)n2[C@@H]1c1cc(Cl)ccc1OC. The summed E-state index contributed by atoms with van der Waals surface area (Å²) in [5.74, 6) is -0.606. The number of anilines is 1. The van der Waals surface area contributed by atoms with Gasteiger partial charge in [0.1, 0.15) is 16.3 Å². The first kappa shape index (κ1) is 24.3. The van der Waals surface area contributed by atoms with Crippen molar-refractivity contribution >= 4 is 57.7 Å². The van der Waals surface area contributed by atoms with Gasteiger partial charge in [0.2, 0.25) is 0 Å². The van der Waals surface area contributed by atoms with E-state index in [0.29, 0.717) is 43.1 Å². The number of methoxy groups -OCH3 is 1. The van der Waals surface area contributed by atoms with Crippen molar-refractivity contribution in [2.45, 2.75) is 19.9 Å². The van der Waals surface area contributed by atoms with E-state index in [1.165, 1.54) is 11.7 Å². The van der Waals surface area contributed by atoms with Gasteiger partial charge < -0.3 is 14.8 Å². The highest BCUT2D eigenvalue weighted by atomic mass is 35.5. The number of allylic oxidation sites excluding steroid dienone is 1. The first-order valence-electron chi connectivity index (χ1n) is 10.9. The summed E-state index contributed by atoms with van der Waals surface area (Å²) < 4.78 is 12.4. The molecule has 2 aromatic carbocycles. The average Bonchev–Trinajstić information content (AvgIpc) is 3.32. The monoisotopic (exact) mass is 543 g/mol. The molecule has 0 radical (unpaired) electrons. The number of rotatable bonds is 4. The number of carbonyl (C=O) groups is 2. The van der Waals surface area contributed by atoms with Crippen molar-refractivity contribution in [3.05, 3.63) is 88.5 Å². The number of hydrogen-bond acceptors (Lipinski definition) is 7. The van der Waals surface area contributed by atoms with Gasteiger partial charge in [0.15, 0.2) is 4.80 Å². The molecule has 3 aromatic rings. The Hall–Kier alpha value is -3.40. The third-order valence-electron chi connectivity index (χ3n) is 5.93. The minimum Gasteiger partial charge on any atom is -0.496 e. The Bertz CT molecular complexity index is 1670. The highest BCUT2D eigenvalue weighted by Crippen LogP contribution is 2.38. The molecule has 0 spiro atoms. The number of nitrogens with zero attached hydrogens (tertiary/aromatic N) is 2. The normalized spacial score (nSPS) is 17.8. The fraction of sp³-hybridized carbons (Fsp3) is 0.200. The van der Waals surface area contributed by atoms with Crippen LogP contribution in [0.15, 0.2) is 57.5 Å². The third kappa shape index (κ3) is 3.84. The van der Waals surface area contributed by atoms with Crippen LogP contribution in [-0.4, -0.2) is 30.2 Å². The summed E-state index contributed by atoms with van der Waals surface area (Å²) >= 11 is 13.6. The summed E-state index contributed by atoms with van der Waals surface area (Å²) in [7, 11) is 1.49. The lowest BCUT2D eigenvalue weighted by Crippen LogP contribution is -2.40. The molecule has 11 heteroatoms. The fourth-order valence-corrected chi connectivity index (χ4v) is 5.91. The molecule has 1 N–H and O–H groups in total. The standard InChI is InChI=1S/C25H19Cl2N3O5S/c1-4-35-24(33)18-11(2)28-25-30(20(18)15-10-13(27)6-8-17(15)34-3)23(32)21(36-25)19-14-9-12(26)5-7-16(14)29-22(19)31/h5-10,20H,4H2,1-3H3,(H,29,31)/b21-19+/t20-/m1/s1. The molecule has 184 valence electrons. The lowest BCUT2D eigenvalue weighted by Gasteiger charge is -2.26. The zero-order valence-electron chi connectivity index (χ0n) is 19.3. The van der Waals surface area contributed by atoms with Gasteiger partial charge in [-0.25, -0.2) is 9.79 Å². The number of ether oxygens (including phenoxy) is 2. The molecule has 1 atom stereocenters. The average molecular weight is 544 g/mol. The van der Waals surface area contributed by atoms with Gasteiger partial charge in [-0.2, -0.15) is 0 Å². The Labute approximate surface area is 219 Å². The summed E-state index contributed by atoms with van der Waals surface area (Å²) in [5.41, 5.74) is 1.85. The molecule has 1 amide bonds. The topological polar surface area (TPSA) is 99.0 Å². The molecule has 5 rings (SSSR count). The van der Waals surface area contributed by atoms with Crippen molar-refractivity contribution in [1.29, 1.82) is 0 Å². The molecular weight excluding hydrogens is 525 g/mol. The van der Waals surface area contributed by atoms with Crippen LogP contribution in [0.2, 0.25) is 10.0 Å². The summed E-state index contributed by atoms with van der Waals surface area (Å²) in [4.78, 5) is 44.9. The Balaban J connectivity index is 1.86. The molecule has 0 bridgehead atoms. The van der Waals surface area contributed by atoms with Crippen LogP contribution in [0.5, 0.6) is 5.75 Å². The molecule has 0 saturated heterocycles. The molecule has 3 heterocycles. The maximum atomic E-state index is 14.0. The van der Waals surface area contributed by atoms with Crippen LogP contribution in [0, 0.1) is 0 Å². The summed E-state index contributed by atoms with van der Waals surface area (Å²) in [5, 5.41) is 3.60. The van der Waals surface area contributed by atoms with Gasteiger partial charge in [-0.1, -0.05) is 34.5 Å². The smallest absolute Gasteiger partial charge is 0.338 e. The van der Waals surface area contributed by atoms with E-state index in [1.807, 2.05) is 0 Å². The predicted octanol–water partition coefficient (Wildman–Crippen LogP) is 3.44. The molecule has 1 aromatic heterocycles. The third-order valence-corrected chi connectivity index (χ3v) is 7.46. The number of carbonyl (C=O) groups excluding carboxylic acids is 2. The van der Waals surface area contributed by atoms with Crippen molar-refractivity contribution in [2.75, 3.05) is 19.0 Å². The molecular formula is C25H19Cl2N3O5S. The second-order valence-electron chi connectivity index (χ2n) is 8.03. The Morgan fingerprint density at radius 2 is 1.89 bits per heavy atom. The molecule has 0 saturated carbocycles. The van der Waals surface area contributed by atoms with E-state index in [4.69, 9.17) is 32.7 Å². The highest BCUT2D eigenvalue weighted by Gasteiger charge is 2.36. The van der Waals surface area contributed by atoms with E-state index < -0.39 is 23.5 Å².